The molecule has 0 amide bonds. The second-order valence-corrected chi connectivity index (χ2v) is 5.31. The van der Waals surface area contributed by atoms with Crippen molar-refractivity contribution < 1.29 is 0 Å². The zero-order valence-electron chi connectivity index (χ0n) is 9.51. The summed E-state index contributed by atoms with van der Waals surface area (Å²) in [7, 11) is 0. The van der Waals surface area contributed by atoms with Gasteiger partial charge in [0, 0.05) is 25.7 Å². The molecule has 0 aromatic heterocycles. The first kappa shape index (κ1) is 11.0. The van der Waals surface area contributed by atoms with Gasteiger partial charge in [-0.1, -0.05) is 27.7 Å². The maximum atomic E-state index is 5.71. The molecule has 0 spiro atoms. The number of nitrogens with zero attached hydrogens (tertiary/aromatic N) is 1. The molecule has 1 heterocycles. The molecule has 1 fully saturated rings. The zero-order valence-corrected chi connectivity index (χ0v) is 9.51. The van der Waals surface area contributed by atoms with Gasteiger partial charge in [0.2, 0.25) is 0 Å². The minimum atomic E-state index is 0.476. The molecule has 1 rings (SSSR count). The Morgan fingerprint density at radius 2 is 1.92 bits per heavy atom. The van der Waals surface area contributed by atoms with Gasteiger partial charge >= 0.3 is 0 Å². The molecule has 0 saturated carbocycles. The molecule has 0 aromatic rings. The summed E-state index contributed by atoms with van der Waals surface area (Å²) in [4.78, 5) is 2.52. The number of hydrogen-bond donors (Lipinski definition) is 1. The Kier molecular flexibility index (Phi) is 3.36. The van der Waals surface area contributed by atoms with E-state index >= 15 is 0 Å². The third-order valence-electron chi connectivity index (χ3n) is 3.39. The molecule has 2 nitrogen and oxygen atoms in total. The summed E-state index contributed by atoms with van der Waals surface area (Å²) in [5.74, 6) is 0.869. The average molecular weight is 184 g/mol. The minimum Gasteiger partial charge on any atom is -0.329 e. The van der Waals surface area contributed by atoms with Crippen molar-refractivity contribution in [2.45, 2.75) is 40.2 Å². The van der Waals surface area contributed by atoms with Gasteiger partial charge in [-0.25, -0.2) is 0 Å². The van der Waals surface area contributed by atoms with Crippen LogP contribution in [-0.2, 0) is 0 Å². The lowest BCUT2D eigenvalue weighted by atomic mass is 9.75. The topological polar surface area (TPSA) is 29.3 Å². The first-order valence-corrected chi connectivity index (χ1v) is 5.43. The summed E-state index contributed by atoms with van der Waals surface area (Å²) in [6, 6.07) is 0.624. The molecule has 0 radical (unpaired) electrons. The Balaban J connectivity index is 2.32. The van der Waals surface area contributed by atoms with E-state index < -0.39 is 0 Å². The number of rotatable bonds is 3. The van der Waals surface area contributed by atoms with Crippen LogP contribution in [0.5, 0.6) is 0 Å². The Hall–Kier alpha value is -0.0800. The summed E-state index contributed by atoms with van der Waals surface area (Å²) in [5.41, 5.74) is 6.18. The van der Waals surface area contributed by atoms with Crippen molar-refractivity contribution in [3.8, 4) is 0 Å². The number of hydrogen-bond acceptors (Lipinski definition) is 2. The van der Waals surface area contributed by atoms with Crippen LogP contribution in [0, 0.1) is 11.3 Å². The van der Waals surface area contributed by atoms with E-state index in [0.29, 0.717) is 11.5 Å². The van der Waals surface area contributed by atoms with Gasteiger partial charge in [0.1, 0.15) is 0 Å². The largest absolute Gasteiger partial charge is 0.329 e. The van der Waals surface area contributed by atoms with E-state index in [9.17, 15) is 0 Å². The van der Waals surface area contributed by atoms with Crippen molar-refractivity contribution >= 4 is 0 Å². The second-order valence-electron chi connectivity index (χ2n) is 5.31. The molecule has 1 saturated heterocycles. The third kappa shape index (κ3) is 2.44. The van der Waals surface area contributed by atoms with Gasteiger partial charge in [0.05, 0.1) is 0 Å². The standard InChI is InChI=1S/C11H24N2/c1-5-10(6-12)13-7-9(8-13)11(2,3)4/h9-10H,5-8,12H2,1-4H3. The molecule has 1 unspecified atom stereocenters. The lowest BCUT2D eigenvalue weighted by molar-refractivity contribution is -0.00555. The normalized spacial score (nSPS) is 22.8. The SMILES string of the molecule is CCC(CN)N1CC(C(C)(C)C)C1. The maximum Gasteiger partial charge on any atom is 0.0216 e. The van der Waals surface area contributed by atoms with Gasteiger partial charge < -0.3 is 5.73 Å². The highest BCUT2D eigenvalue weighted by molar-refractivity contribution is 4.91. The fraction of sp³-hybridized carbons (Fsp3) is 1.00. The first-order valence-electron chi connectivity index (χ1n) is 5.43. The summed E-state index contributed by atoms with van der Waals surface area (Å²) >= 11 is 0. The smallest absolute Gasteiger partial charge is 0.0216 e. The zero-order chi connectivity index (χ0) is 10.1. The summed E-state index contributed by atoms with van der Waals surface area (Å²) < 4.78 is 0. The van der Waals surface area contributed by atoms with Gasteiger partial charge in [0.25, 0.3) is 0 Å². The monoisotopic (exact) mass is 184 g/mol. The van der Waals surface area contributed by atoms with Crippen molar-refractivity contribution in [3.05, 3.63) is 0 Å². The lowest BCUT2D eigenvalue weighted by Gasteiger charge is -2.49. The highest BCUT2D eigenvalue weighted by atomic mass is 15.2. The van der Waals surface area contributed by atoms with Crippen LogP contribution >= 0.6 is 0 Å². The van der Waals surface area contributed by atoms with Crippen molar-refractivity contribution in [3.63, 3.8) is 0 Å². The summed E-state index contributed by atoms with van der Waals surface area (Å²) in [5, 5.41) is 0. The van der Waals surface area contributed by atoms with Crippen molar-refractivity contribution in [2.24, 2.45) is 17.1 Å². The fourth-order valence-electron chi connectivity index (χ4n) is 1.93. The molecule has 2 heteroatoms. The predicted octanol–water partition coefficient (Wildman–Crippen LogP) is 1.70. The maximum absolute atomic E-state index is 5.71. The average Bonchev–Trinajstić information content (AvgIpc) is 1.92. The molecule has 1 aliphatic heterocycles. The van der Waals surface area contributed by atoms with Crippen LogP contribution < -0.4 is 5.73 Å². The number of likely N-dealkylation sites (tertiary alicyclic amines) is 1. The van der Waals surface area contributed by atoms with Crippen LogP contribution in [-0.4, -0.2) is 30.6 Å². The molecule has 2 N–H and O–H groups in total. The Morgan fingerprint density at radius 3 is 2.23 bits per heavy atom. The predicted molar refractivity (Wildman–Crippen MR) is 57.7 cm³/mol. The Labute approximate surface area is 82.5 Å². The van der Waals surface area contributed by atoms with E-state index in [4.69, 9.17) is 5.73 Å². The highest BCUT2D eigenvalue weighted by Gasteiger charge is 2.37. The van der Waals surface area contributed by atoms with Gasteiger partial charge in [0.15, 0.2) is 0 Å². The molecule has 0 aliphatic carbocycles. The van der Waals surface area contributed by atoms with Crippen LogP contribution in [0.25, 0.3) is 0 Å². The van der Waals surface area contributed by atoms with Gasteiger partial charge in [-0.05, 0) is 17.8 Å². The number of nitrogens with two attached hydrogens (primary N) is 1. The molecule has 0 aromatic carbocycles. The van der Waals surface area contributed by atoms with Crippen LogP contribution in [0.3, 0.4) is 0 Å². The van der Waals surface area contributed by atoms with Gasteiger partial charge in [-0.15, -0.1) is 0 Å². The molecule has 78 valence electrons. The van der Waals surface area contributed by atoms with E-state index in [1.807, 2.05) is 0 Å². The lowest BCUT2D eigenvalue weighted by Crippen LogP contribution is -2.57. The fourth-order valence-corrected chi connectivity index (χ4v) is 1.93. The van der Waals surface area contributed by atoms with Crippen LogP contribution in [0.4, 0.5) is 0 Å². The first-order chi connectivity index (χ1) is 5.99. The van der Waals surface area contributed by atoms with E-state index in [1.165, 1.54) is 19.5 Å². The summed E-state index contributed by atoms with van der Waals surface area (Å²) in [6.45, 7) is 12.5. The van der Waals surface area contributed by atoms with Crippen molar-refractivity contribution in [2.75, 3.05) is 19.6 Å². The van der Waals surface area contributed by atoms with E-state index in [-0.39, 0.29) is 0 Å². The van der Waals surface area contributed by atoms with Gasteiger partial charge in [-0.2, -0.15) is 0 Å². The van der Waals surface area contributed by atoms with Crippen molar-refractivity contribution in [1.29, 1.82) is 0 Å². The van der Waals surface area contributed by atoms with Crippen LogP contribution in [0.15, 0.2) is 0 Å². The third-order valence-corrected chi connectivity index (χ3v) is 3.39. The molecular weight excluding hydrogens is 160 g/mol. The molecule has 13 heavy (non-hydrogen) atoms. The Morgan fingerprint density at radius 1 is 1.38 bits per heavy atom. The molecular formula is C11H24N2. The van der Waals surface area contributed by atoms with Crippen LogP contribution in [0.1, 0.15) is 34.1 Å². The molecule has 1 aliphatic rings. The van der Waals surface area contributed by atoms with E-state index in [2.05, 4.69) is 32.6 Å². The molecule has 0 bridgehead atoms. The van der Waals surface area contributed by atoms with Gasteiger partial charge in [-0.3, -0.25) is 4.90 Å². The second kappa shape index (κ2) is 3.97. The van der Waals surface area contributed by atoms with E-state index in [0.717, 1.165) is 12.5 Å². The van der Waals surface area contributed by atoms with Crippen LogP contribution in [0.2, 0.25) is 0 Å². The van der Waals surface area contributed by atoms with Crippen molar-refractivity contribution in [1.82, 2.24) is 4.90 Å². The van der Waals surface area contributed by atoms with E-state index in [1.54, 1.807) is 0 Å². The minimum absolute atomic E-state index is 0.476. The quantitative estimate of drug-likeness (QED) is 0.723. The molecule has 1 atom stereocenters. The highest BCUT2D eigenvalue weighted by Crippen LogP contribution is 2.34. The summed E-state index contributed by atoms with van der Waals surface area (Å²) in [6.07, 6.45) is 1.19. The Bertz CT molecular complexity index is 150.